The van der Waals surface area contributed by atoms with Crippen molar-refractivity contribution < 1.29 is 4.79 Å². The third kappa shape index (κ3) is 2.24. The number of hydrogen-bond donors (Lipinski definition) is 0. The van der Waals surface area contributed by atoms with Crippen LogP contribution in [0.25, 0.3) is 0 Å². The number of rotatable bonds is 1. The largest absolute Gasteiger partial charge is 0.298 e. The summed E-state index contributed by atoms with van der Waals surface area (Å²) >= 11 is 0. The maximum Gasteiger partial charge on any atom is 0.151 e. The molecular weight excluding hydrogens is 138 g/mol. The number of carbonyl (C=O) groups excluding carboxylic acids is 1. The summed E-state index contributed by atoms with van der Waals surface area (Å²) in [5.41, 5.74) is 0.618. The van der Waals surface area contributed by atoms with E-state index in [1.807, 2.05) is 0 Å². The molecule has 0 spiro atoms. The van der Waals surface area contributed by atoms with Crippen LogP contribution in [0.2, 0.25) is 0 Å². The van der Waals surface area contributed by atoms with Crippen LogP contribution in [0.4, 0.5) is 0 Å². The van der Waals surface area contributed by atoms with E-state index in [0.29, 0.717) is 5.56 Å². The Balaban J connectivity index is 0.000000640. The van der Waals surface area contributed by atoms with Crippen molar-refractivity contribution in [2.75, 3.05) is 0 Å². The van der Waals surface area contributed by atoms with Gasteiger partial charge in [-0.25, -0.2) is 0 Å². The van der Waals surface area contributed by atoms with Gasteiger partial charge in [0.25, 0.3) is 0 Å². The monoisotopic (exact) mass is 143 g/mol. The summed E-state index contributed by atoms with van der Waals surface area (Å²) in [7, 11) is 0. The van der Waals surface area contributed by atoms with Crippen LogP contribution in [0.1, 0.15) is 10.4 Å². The second kappa shape index (κ2) is 4.04. The molecule has 0 radical (unpaired) electrons. The number of halogens is 1. The third-order valence-corrected chi connectivity index (χ3v) is 0.820. The van der Waals surface area contributed by atoms with E-state index < -0.39 is 0 Å². The zero-order valence-corrected chi connectivity index (χ0v) is 5.47. The fraction of sp³-hybridized carbons (Fsp3) is 0. The Morgan fingerprint density at radius 1 is 1.56 bits per heavy atom. The van der Waals surface area contributed by atoms with E-state index in [1.54, 1.807) is 18.3 Å². The second-order valence-electron chi connectivity index (χ2n) is 1.40. The quantitative estimate of drug-likeness (QED) is 0.555. The summed E-state index contributed by atoms with van der Waals surface area (Å²) in [6, 6.07) is 3.43. The molecule has 2 nitrogen and oxygen atoms in total. The zero-order chi connectivity index (χ0) is 5.82. The second-order valence-corrected chi connectivity index (χ2v) is 1.40. The number of nitrogens with zero attached hydrogens (tertiary/aromatic N) is 1. The van der Waals surface area contributed by atoms with E-state index in [9.17, 15) is 4.79 Å². The Hall–Kier alpha value is -0.890. The van der Waals surface area contributed by atoms with E-state index in [4.69, 9.17) is 0 Å². The molecule has 0 aliphatic carbocycles. The zero-order valence-electron chi connectivity index (χ0n) is 4.65. The van der Waals surface area contributed by atoms with Gasteiger partial charge in [-0.15, -0.1) is 12.4 Å². The van der Waals surface area contributed by atoms with Crippen LogP contribution < -0.4 is 0 Å². The summed E-state index contributed by atoms with van der Waals surface area (Å²) in [5, 5.41) is 0. The molecule has 0 aliphatic heterocycles. The molecule has 0 aromatic carbocycles. The molecular formula is C6H6ClNO. The summed E-state index contributed by atoms with van der Waals surface area (Å²) in [5.74, 6) is 0. The van der Waals surface area contributed by atoms with Crippen LogP contribution in [0, 0.1) is 0 Å². The van der Waals surface area contributed by atoms with Gasteiger partial charge in [0.05, 0.1) is 0 Å². The lowest BCUT2D eigenvalue weighted by Crippen LogP contribution is -1.77. The predicted molar refractivity (Wildman–Crippen MR) is 36.9 cm³/mol. The molecule has 0 fully saturated rings. The lowest BCUT2D eigenvalue weighted by molar-refractivity contribution is 0.112. The molecule has 0 unspecified atom stereocenters. The van der Waals surface area contributed by atoms with Crippen molar-refractivity contribution in [1.29, 1.82) is 0 Å². The molecule has 3 heteroatoms. The smallest absolute Gasteiger partial charge is 0.151 e. The Morgan fingerprint density at radius 2 is 2.33 bits per heavy atom. The molecule has 1 aromatic rings. The SMILES string of the molecule is Cl.O=Cc1cccnc1. The van der Waals surface area contributed by atoms with Crippen molar-refractivity contribution in [2.45, 2.75) is 0 Å². The molecule has 0 bridgehead atoms. The minimum absolute atomic E-state index is 0. The molecule has 1 heterocycles. The molecule has 0 atom stereocenters. The Bertz CT molecular complexity index is 176. The molecule has 0 saturated carbocycles. The van der Waals surface area contributed by atoms with Crippen molar-refractivity contribution >= 4 is 18.7 Å². The first kappa shape index (κ1) is 8.11. The van der Waals surface area contributed by atoms with Crippen LogP contribution in [0.5, 0.6) is 0 Å². The molecule has 0 aliphatic rings. The number of pyridine rings is 1. The van der Waals surface area contributed by atoms with Gasteiger partial charge in [0.2, 0.25) is 0 Å². The van der Waals surface area contributed by atoms with E-state index in [0.717, 1.165) is 6.29 Å². The predicted octanol–water partition coefficient (Wildman–Crippen LogP) is 1.32. The van der Waals surface area contributed by atoms with Gasteiger partial charge in [0.1, 0.15) is 0 Å². The Morgan fingerprint density at radius 3 is 2.67 bits per heavy atom. The van der Waals surface area contributed by atoms with Crippen molar-refractivity contribution in [3.8, 4) is 0 Å². The first-order valence-electron chi connectivity index (χ1n) is 2.28. The normalized spacial score (nSPS) is 7.56. The third-order valence-electron chi connectivity index (χ3n) is 0.820. The van der Waals surface area contributed by atoms with Crippen LogP contribution in [-0.2, 0) is 0 Å². The van der Waals surface area contributed by atoms with Gasteiger partial charge in [0, 0.05) is 18.0 Å². The van der Waals surface area contributed by atoms with Crippen LogP contribution in [0.15, 0.2) is 24.5 Å². The van der Waals surface area contributed by atoms with Crippen LogP contribution in [-0.4, -0.2) is 11.3 Å². The van der Waals surface area contributed by atoms with Crippen LogP contribution >= 0.6 is 12.4 Å². The highest BCUT2D eigenvalue weighted by atomic mass is 35.5. The highest BCUT2D eigenvalue weighted by Gasteiger charge is 1.81. The van der Waals surface area contributed by atoms with E-state index >= 15 is 0 Å². The Kier molecular flexibility index (Phi) is 3.64. The van der Waals surface area contributed by atoms with Gasteiger partial charge >= 0.3 is 0 Å². The van der Waals surface area contributed by atoms with Gasteiger partial charge in [-0.1, -0.05) is 0 Å². The van der Waals surface area contributed by atoms with Gasteiger partial charge in [-0.3, -0.25) is 9.78 Å². The number of carbonyl (C=O) groups is 1. The average molecular weight is 144 g/mol. The molecule has 9 heavy (non-hydrogen) atoms. The van der Waals surface area contributed by atoms with E-state index in [2.05, 4.69) is 4.98 Å². The Labute approximate surface area is 59.3 Å². The maximum atomic E-state index is 9.97. The minimum atomic E-state index is 0. The summed E-state index contributed by atoms with van der Waals surface area (Å²) in [6.45, 7) is 0. The number of aldehydes is 1. The summed E-state index contributed by atoms with van der Waals surface area (Å²) in [6.07, 6.45) is 3.92. The summed E-state index contributed by atoms with van der Waals surface area (Å²) < 4.78 is 0. The molecule has 1 aromatic heterocycles. The van der Waals surface area contributed by atoms with E-state index in [1.165, 1.54) is 6.20 Å². The van der Waals surface area contributed by atoms with Crippen LogP contribution in [0.3, 0.4) is 0 Å². The highest BCUT2D eigenvalue weighted by molar-refractivity contribution is 5.85. The van der Waals surface area contributed by atoms with Crippen molar-refractivity contribution in [1.82, 2.24) is 4.98 Å². The van der Waals surface area contributed by atoms with Crippen molar-refractivity contribution in [3.63, 3.8) is 0 Å². The molecule has 1 rings (SSSR count). The van der Waals surface area contributed by atoms with Crippen molar-refractivity contribution in [2.24, 2.45) is 0 Å². The number of aromatic nitrogens is 1. The lowest BCUT2D eigenvalue weighted by Gasteiger charge is -1.81. The van der Waals surface area contributed by atoms with E-state index in [-0.39, 0.29) is 12.4 Å². The minimum Gasteiger partial charge on any atom is -0.298 e. The first-order chi connectivity index (χ1) is 3.93. The van der Waals surface area contributed by atoms with Gasteiger partial charge in [-0.05, 0) is 12.1 Å². The standard InChI is InChI=1S/C6H5NO.ClH/c8-5-6-2-1-3-7-4-6;/h1-5H;1H. The molecule has 0 amide bonds. The summed E-state index contributed by atoms with van der Waals surface area (Å²) in [4.78, 5) is 13.7. The molecule has 0 saturated heterocycles. The van der Waals surface area contributed by atoms with Gasteiger partial charge < -0.3 is 0 Å². The first-order valence-corrected chi connectivity index (χ1v) is 2.28. The molecule has 48 valence electrons. The average Bonchev–Trinajstić information content (AvgIpc) is 1.90. The lowest BCUT2D eigenvalue weighted by atomic mass is 10.3. The topological polar surface area (TPSA) is 30.0 Å². The molecule has 0 N–H and O–H groups in total. The highest BCUT2D eigenvalue weighted by Crippen LogP contribution is 1.87. The fourth-order valence-electron chi connectivity index (χ4n) is 0.446. The van der Waals surface area contributed by atoms with Gasteiger partial charge in [-0.2, -0.15) is 0 Å². The fourth-order valence-corrected chi connectivity index (χ4v) is 0.446. The number of hydrogen-bond acceptors (Lipinski definition) is 2. The maximum absolute atomic E-state index is 9.97. The van der Waals surface area contributed by atoms with Crippen molar-refractivity contribution in [3.05, 3.63) is 30.1 Å². The van der Waals surface area contributed by atoms with Gasteiger partial charge in [0.15, 0.2) is 6.29 Å².